The molecule has 5 nitrogen and oxygen atoms in total. The van der Waals surface area contributed by atoms with Crippen molar-refractivity contribution in [3.8, 4) is 0 Å². The van der Waals surface area contributed by atoms with E-state index in [1.54, 1.807) is 11.8 Å². The third-order valence-corrected chi connectivity index (χ3v) is 4.66. The number of amides is 1. The Morgan fingerprint density at radius 3 is 2.62 bits per heavy atom. The molecule has 1 aliphatic heterocycles. The maximum absolute atomic E-state index is 11.8. The first-order chi connectivity index (χ1) is 10.2. The average molecular weight is 306 g/mol. The molecule has 1 aliphatic carbocycles. The standard InChI is InChI=1S/C15H22N4OS/c1-10-9-13(18-15(16-10)21-2)19-7-5-12(6-8-19)17-14(20)11-3-4-11/h9,11-12H,3-8H2,1-2H3,(H,17,20). The van der Waals surface area contributed by atoms with Crippen LogP contribution in [0.1, 0.15) is 31.4 Å². The van der Waals surface area contributed by atoms with E-state index in [9.17, 15) is 4.79 Å². The van der Waals surface area contributed by atoms with Gasteiger partial charge in [-0.2, -0.15) is 0 Å². The van der Waals surface area contributed by atoms with Crippen LogP contribution in [0.3, 0.4) is 0 Å². The van der Waals surface area contributed by atoms with Crippen molar-refractivity contribution in [2.45, 2.75) is 43.8 Å². The van der Waals surface area contributed by atoms with Gasteiger partial charge in [-0.3, -0.25) is 4.79 Å². The summed E-state index contributed by atoms with van der Waals surface area (Å²) in [4.78, 5) is 23.1. The molecule has 2 heterocycles. The predicted molar refractivity (Wildman–Crippen MR) is 84.7 cm³/mol. The van der Waals surface area contributed by atoms with Gasteiger partial charge in [0.15, 0.2) is 5.16 Å². The number of aromatic nitrogens is 2. The van der Waals surface area contributed by atoms with E-state index in [-0.39, 0.29) is 5.91 Å². The topological polar surface area (TPSA) is 58.1 Å². The molecule has 21 heavy (non-hydrogen) atoms. The van der Waals surface area contributed by atoms with Gasteiger partial charge in [-0.15, -0.1) is 0 Å². The molecule has 3 rings (SSSR count). The Hall–Kier alpha value is -1.30. The number of thioether (sulfide) groups is 1. The molecule has 114 valence electrons. The summed E-state index contributed by atoms with van der Waals surface area (Å²) in [6.07, 6.45) is 6.13. The molecule has 2 aliphatic rings. The summed E-state index contributed by atoms with van der Waals surface area (Å²) in [6.45, 7) is 3.90. The van der Waals surface area contributed by atoms with Crippen molar-refractivity contribution in [1.29, 1.82) is 0 Å². The molecule has 1 aromatic rings. The molecular formula is C15H22N4OS. The van der Waals surface area contributed by atoms with Gasteiger partial charge in [-0.25, -0.2) is 9.97 Å². The molecule has 0 spiro atoms. The van der Waals surface area contributed by atoms with Gasteiger partial charge in [0, 0.05) is 36.8 Å². The number of hydrogen-bond donors (Lipinski definition) is 1. The second kappa shape index (κ2) is 6.22. The predicted octanol–water partition coefficient (Wildman–Crippen LogP) is 2.00. The number of nitrogens with zero attached hydrogens (tertiary/aromatic N) is 3. The second-order valence-corrected chi connectivity index (χ2v) is 6.67. The highest BCUT2D eigenvalue weighted by molar-refractivity contribution is 7.98. The third kappa shape index (κ3) is 3.67. The molecule has 0 atom stereocenters. The van der Waals surface area contributed by atoms with E-state index in [4.69, 9.17) is 0 Å². The zero-order valence-electron chi connectivity index (χ0n) is 12.6. The molecule has 1 saturated heterocycles. The third-order valence-electron chi connectivity index (χ3n) is 4.12. The van der Waals surface area contributed by atoms with Crippen molar-refractivity contribution < 1.29 is 4.79 Å². The Morgan fingerprint density at radius 2 is 2.00 bits per heavy atom. The fourth-order valence-corrected chi connectivity index (χ4v) is 3.12. The van der Waals surface area contributed by atoms with Crippen molar-refractivity contribution in [3.63, 3.8) is 0 Å². The molecule has 0 bridgehead atoms. The number of nitrogens with one attached hydrogen (secondary N) is 1. The fraction of sp³-hybridized carbons (Fsp3) is 0.667. The minimum absolute atomic E-state index is 0.260. The normalized spacial score (nSPS) is 19.6. The van der Waals surface area contributed by atoms with Crippen LogP contribution >= 0.6 is 11.8 Å². The summed E-state index contributed by atoms with van der Waals surface area (Å²) >= 11 is 1.57. The van der Waals surface area contributed by atoms with E-state index in [0.717, 1.165) is 55.4 Å². The van der Waals surface area contributed by atoms with Crippen LogP contribution in [0.15, 0.2) is 11.2 Å². The first-order valence-corrected chi connectivity index (χ1v) is 8.83. The number of carbonyl (C=O) groups is 1. The maximum atomic E-state index is 11.8. The lowest BCUT2D eigenvalue weighted by Crippen LogP contribution is -2.45. The number of anilines is 1. The van der Waals surface area contributed by atoms with Crippen LogP contribution < -0.4 is 10.2 Å². The number of piperidine rings is 1. The molecule has 1 aromatic heterocycles. The molecule has 1 N–H and O–H groups in total. The molecule has 1 saturated carbocycles. The van der Waals surface area contributed by atoms with Gasteiger partial charge in [-0.05, 0) is 38.9 Å². The molecule has 1 amide bonds. The highest BCUT2D eigenvalue weighted by Crippen LogP contribution is 2.29. The number of hydrogen-bond acceptors (Lipinski definition) is 5. The van der Waals surface area contributed by atoms with Gasteiger partial charge in [0.2, 0.25) is 5.91 Å². The van der Waals surface area contributed by atoms with E-state index >= 15 is 0 Å². The van der Waals surface area contributed by atoms with Gasteiger partial charge in [0.05, 0.1) is 0 Å². The van der Waals surface area contributed by atoms with Crippen LogP contribution in [-0.4, -0.2) is 41.3 Å². The summed E-state index contributed by atoms with van der Waals surface area (Å²) in [5, 5.41) is 4.01. The SMILES string of the molecule is CSc1nc(C)cc(N2CCC(NC(=O)C3CC3)CC2)n1. The Bertz CT molecular complexity index is 524. The Balaban J connectivity index is 1.57. The first-order valence-electron chi connectivity index (χ1n) is 7.60. The largest absolute Gasteiger partial charge is 0.356 e. The summed E-state index contributed by atoms with van der Waals surface area (Å²) in [6, 6.07) is 2.38. The maximum Gasteiger partial charge on any atom is 0.223 e. The second-order valence-electron chi connectivity index (χ2n) is 5.90. The van der Waals surface area contributed by atoms with Crippen LogP contribution in [0.5, 0.6) is 0 Å². The van der Waals surface area contributed by atoms with Gasteiger partial charge in [0.25, 0.3) is 0 Å². The minimum atomic E-state index is 0.260. The number of carbonyl (C=O) groups excluding carboxylic acids is 1. The van der Waals surface area contributed by atoms with E-state index in [1.165, 1.54) is 0 Å². The summed E-state index contributed by atoms with van der Waals surface area (Å²) in [5.41, 5.74) is 1.01. The Labute approximate surface area is 129 Å². The van der Waals surface area contributed by atoms with Crippen LogP contribution in [0.25, 0.3) is 0 Å². The summed E-state index contributed by atoms with van der Waals surface area (Å²) in [5.74, 6) is 1.58. The molecular weight excluding hydrogens is 284 g/mol. The first kappa shape index (κ1) is 14.6. The van der Waals surface area contributed by atoms with Crippen molar-refractivity contribution >= 4 is 23.5 Å². The monoisotopic (exact) mass is 306 g/mol. The lowest BCUT2D eigenvalue weighted by atomic mass is 10.0. The lowest BCUT2D eigenvalue weighted by molar-refractivity contribution is -0.123. The quantitative estimate of drug-likeness (QED) is 0.681. The zero-order valence-corrected chi connectivity index (χ0v) is 13.4. The Kier molecular flexibility index (Phi) is 4.33. The van der Waals surface area contributed by atoms with Gasteiger partial charge >= 0.3 is 0 Å². The van der Waals surface area contributed by atoms with E-state index in [1.807, 2.05) is 19.2 Å². The molecule has 6 heteroatoms. The minimum Gasteiger partial charge on any atom is -0.356 e. The van der Waals surface area contributed by atoms with Crippen LogP contribution in [0.2, 0.25) is 0 Å². The van der Waals surface area contributed by atoms with Gasteiger partial charge < -0.3 is 10.2 Å². The molecule has 0 radical (unpaired) electrons. The van der Waals surface area contributed by atoms with E-state index in [0.29, 0.717) is 12.0 Å². The van der Waals surface area contributed by atoms with Crippen LogP contribution in [0, 0.1) is 12.8 Å². The van der Waals surface area contributed by atoms with Crippen molar-refractivity contribution in [2.24, 2.45) is 5.92 Å². The van der Waals surface area contributed by atoms with Gasteiger partial charge in [0.1, 0.15) is 5.82 Å². The molecule has 0 aromatic carbocycles. The smallest absolute Gasteiger partial charge is 0.223 e. The Morgan fingerprint density at radius 1 is 1.29 bits per heavy atom. The zero-order chi connectivity index (χ0) is 14.8. The lowest BCUT2D eigenvalue weighted by Gasteiger charge is -2.33. The highest BCUT2D eigenvalue weighted by Gasteiger charge is 2.31. The number of aryl methyl sites for hydroxylation is 1. The summed E-state index contributed by atoms with van der Waals surface area (Å²) in [7, 11) is 0. The van der Waals surface area contributed by atoms with Crippen molar-refractivity contribution in [1.82, 2.24) is 15.3 Å². The summed E-state index contributed by atoms with van der Waals surface area (Å²) < 4.78 is 0. The van der Waals surface area contributed by atoms with E-state index in [2.05, 4.69) is 20.2 Å². The van der Waals surface area contributed by atoms with Crippen molar-refractivity contribution in [2.75, 3.05) is 24.2 Å². The van der Waals surface area contributed by atoms with Crippen LogP contribution in [0.4, 0.5) is 5.82 Å². The van der Waals surface area contributed by atoms with E-state index < -0.39 is 0 Å². The average Bonchev–Trinajstić information content (AvgIpc) is 3.32. The van der Waals surface area contributed by atoms with Crippen molar-refractivity contribution in [3.05, 3.63) is 11.8 Å². The van der Waals surface area contributed by atoms with Crippen LogP contribution in [-0.2, 0) is 4.79 Å². The fourth-order valence-electron chi connectivity index (χ4n) is 2.70. The number of rotatable bonds is 4. The molecule has 2 fully saturated rings. The van der Waals surface area contributed by atoms with Gasteiger partial charge in [-0.1, -0.05) is 11.8 Å². The highest BCUT2D eigenvalue weighted by atomic mass is 32.2. The molecule has 0 unspecified atom stereocenters.